The molecule has 0 amide bonds. The fourth-order valence-electron chi connectivity index (χ4n) is 0.830. The third-order valence-corrected chi connectivity index (χ3v) is 1.87. The van der Waals surface area contributed by atoms with Crippen LogP contribution in [0.3, 0.4) is 0 Å². The van der Waals surface area contributed by atoms with Gasteiger partial charge in [-0.3, -0.25) is 0 Å². The zero-order valence-electron chi connectivity index (χ0n) is 9.22. The Labute approximate surface area is 94.4 Å². The molecule has 0 aliphatic heterocycles. The third-order valence-electron chi connectivity index (χ3n) is 1.87. The van der Waals surface area contributed by atoms with Gasteiger partial charge in [0.2, 0.25) is 6.29 Å². The fourth-order valence-corrected chi connectivity index (χ4v) is 0.830. The summed E-state index contributed by atoms with van der Waals surface area (Å²) in [5, 5.41) is 9.39. The molecular formula is C11H16O5. The zero-order chi connectivity index (χ0) is 12.6. The van der Waals surface area contributed by atoms with Crippen molar-refractivity contribution >= 4 is 11.9 Å². The predicted octanol–water partition coefficient (Wildman–Crippen LogP) is 0.789. The summed E-state index contributed by atoms with van der Waals surface area (Å²) in [6, 6.07) is 0. The van der Waals surface area contributed by atoms with Crippen molar-refractivity contribution in [2.45, 2.75) is 19.6 Å². The lowest BCUT2D eigenvalue weighted by atomic mass is 10.1. The van der Waals surface area contributed by atoms with Crippen LogP contribution in [0.1, 0.15) is 13.3 Å². The lowest BCUT2D eigenvalue weighted by molar-refractivity contribution is -0.171. The van der Waals surface area contributed by atoms with Crippen LogP contribution in [0.2, 0.25) is 0 Å². The van der Waals surface area contributed by atoms with Crippen molar-refractivity contribution in [3.63, 3.8) is 0 Å². The van der Waals surface area contributed by atoms with Crippen molar-refractivity contribution in [3.8, 4) is 0 Å². The van der Waals surface area contributed by atoms with E-state index in [-0.39, 0.29) is 12.5 Å². The van der Waals surface area contributed by atoms with Crippen molar-refractivity contribution in [3.05, 3.63) is 25.3 Å². The molecule has 0 aromatic heterocycles. The highest BCUT2D eigenvalue weighted by atomic mass is 16.6. The van der Waals surface area contributed by atoms with Crippen LogP contribution in [0.25, 0.3) is 0 Å². The lowest BCUT2D eigenvalue weighted by Crippen LogP contribution is -2.25. The van der Waals surface area contributed by atoms with E-state index in [9.17, 15) is 14.7 Å². The number of hydrogen-bond acceptors (Lipinski definition) is 5. The molecule has 0 spiro atoms. The first-order valence-electron chi connectivity index (χ1n) is 4.81. The van der Waals surface area contributed by atoms with Crippen LogP contribution in [0, 0.1) is 5.92 Å². The van der Waals surface area contributed by atoms with Gasteiger partial charge in [0, 0.05) is 18.1 Å². The summed E-state index contributed by atoms with van der Waals surface area (Å²) >= 11 is 0. The molecule has 0 bridgehead atoms. The molecule has 0 heterocycles. The highest BCUT2D eigenvalue weighted by molar-refractivity contribution is 5.81. The van der Waals surface area contributed by atoms with Gasteiger partial charge in [-0.15, -0.1) is 0 Å². The largest absolute Gasteiger partial charge is 0.463 e. The molecule has 0 aromatic rings. The van der Waals surface area contributed by atoms with Crippen molar-refractivity contribution in [1.29, 1.82) is 0 Å². The number of carbonyl (C=O) groups is 2. The van der Waals surface area contributed by atoms with E-state index in [2.05, 4.69) is 17.9 Å². The number of esters is 2. The molecule has 0 saturated heterocycles. The lowest BCUT2D eigenvalue weighted by Gasteiger charge is -2.17. The van der Waals surface area contributed by atoms with Gasteiger partial charge in [-0.25, -0.2) is 9.59 Å². The van der Waals surface area contributed by atoms with Crippen LogP contribution in [-0.4, -0.2) is 29.9 Å². The molecule has 5 nitrogen and oxygen atoms in total. The van der Waals surface area contributed by atoms with E-state index in [4.69, 9.17) is 4.74 Å². The molecular weight excluding hydrogens is 212 g/mol. The smallest absolute Gasteiger partial charge is 0.332 e. The summed E-state index contributed by atoms with van der Waals surface area (Å²) in [7, 11) is 0. The summed E-state index contributed by atoms with van der Waals surface area (Å²) in [5.74, 6) is -1.55. The van der Waals surface area contributed by atoms with Crippen LogP contribution in [-0.2, 0) is 19.1 Å². The number of aliphatic hydroxyl groups is 1. The third kappa shape index (κ3) is 5.98. The fraction of sp³-hybridized carbons (Fsp3) is 0.455. The molecule has 16 heavy (non-hydrogen) atoms. The number of carbonyl (C=O) groups excluding carboxylic acids is 2. The standard InChI is InChI=1S/C11H16O5/c1-4-9(12)15-7-6-8(3)11(14)16-10(13)5-2/h4-5,8,11,14H,1-2,6-7H2,3H3. The average Bonchev–Trinajstić information content (AvgIpc) is 2.28. The Morgan fingerprint density at radius 2 is 1.88 bits per heavy atom. The Balaban J connectivity index is 3.82. The Hall–Kier alpha value is -1.62. The highest BCUT2D eigenvalue weighted by Gasteiger charge is 2.17. The maximum absolute atomic E-state index is 10.8. The summed E-state index contributed by atoms with van der Waals surface area (Å²) in [6.45, 7) is 8.25. The molecule has 0 saturated carbocycles. The first-order valence-corrected chi connectivity index (χ1v) is 4.81. The molecule has 0 aliphatic rings. The van der Waals surface area contributed by atoms with Gasteiger partial charge in [-0.05, 0) is 6.42 Å². The minimum Gasteiger partial charge on any atom is -0.463 e. The SMILES string of the molecule is C=CC(=O)OCCC(C)C(O)OC(=O)C=C. The van der Waals surface area contributed by atoms with Crippen molar-refractivity contribution in [1.82, 2.24) is 0 Å². The van der Waals surface area contributed by atoms with Gasteiger partial charge in [0.05, 0.1) is 6.61 Å². The molecule has 0 rings (SSSR count). The Kier molecular flexibility index (Phi) is 6.87. The number of aliphatic hydroxyl groups excluding tert-OH is 1. The second-order valence-corrected chi connectivity index (χ2v) is 3.17. The van der Waals surface area contributed by atoms with Gasteiger partial charge in [0.25, 0.3) is 0 Å². The topological polar surface area (TPSA) is 72.8 Å². The van der Waals surface area contributed by atoms with E-state index in [1.165, 1.54) is 0 Å². The first-order chi connectivity index (χ1) is 7.51. The van der Waals surface area contributed by atoms with E-state index in [0.29, 0.717) is 6.42 Å². The molecule has 5 heteroatoms. The zero-order valence-corrected chi connectivity index (χ0v) is 9.22. The first kappa shape index (κ1) is 14.4. The van der Waals surface area contributed by atoms with Gasteiger partial charge < -0.3 is 14.6 Å². The molecule has 2 unspecified atom stereocenters. The minimum atomic E-state index is -1.23. The van der Waals surface area contributed by atoms with E-state index < -0.39 is 18.2 Å². The highest BCUT2D eigenvalue weighted by Crippen LogP contribution is 2.10. The van der Waals surface area contributed by atoms with Crippen LogP contribution in [0.4, 0.5) is 0 Å². The van der Waals surface area contributed by atoms with Crippen LogP contribution < -0.4 is 0 Å². The molecule has 0 aromatic carbocycles. The van der Waals surface area contributed by atoms with Crippen molar-refractivity contribution in [2.75, 3.05) is 6.61 Å². The maximum Gasteiger partial charge on any atom is 0.332 e. The number of ether oxygens (including phenoxy) is 2. The maximum atomic E-state index is 10.8. The summed E-state index contributed by atoms with van der Waals surface area (Å²) < 4.78 is 9.30. The van der Waals surface area contributed by atoms with E-state index in [1.54, 1.807) is 6.92 Å². The van der Waals surface area contributed by atoms with Crippen LogP contribution in [0.15, 0.2) is 25.3 Å². The predicted molar refractivity (Wildman–Crippen MR) is 57.2 cm³/mol. The Morgan fingerprint density at radius 3 is 2.38 bits per heavy atom. The molecule has 0 aliphatic carbocycles. The van der Waals surface area contributed by atoms with Gasteiger partial charge in [-0.2, -0.15) is 0 Å². The molecule has 2 atom stereocenters. The molecule has 0 fully saturated rings. The van der Waals surface area contributed by atoms with Gasteiger partial charge in [-0.1, -0.05) is 20.1 Å². The number of hydrogen-bond donors (Lipinski definition) is 1. The van der Waals surface area contributed by atoms with Crippen molar-refractivity contribution < 1.29 is 24.2 Å². The Morgan fingerprint density at radius 1 is 1.31 bits per heavy atom. The quantitative estimate of drug-likeness (QED) is 0.396. The van der Waals surface area contributed by atoms with E-state index in [0.717, 1.165) is 12.2 Å². The van der Waals surface area contributed by atoms with E-state index in [1.807, 2.05) is 0 Å². The van der Waals surface area contributed by atoms with E-state index >= 15 is 0 Å². The molecule has 1 N–H and O–H groups in total. The van der Waals surface area contributed by atoms with Crippen LogP contribution in [0.5, 0.6) is 0 Å². The summed E-state index contributed by atoms with van der Waals surface area (Å²) in [4.78, 5) is 21.4. The minimum absolute atomic E-state index is 0.134. The Bertz CT molecular complexity index is 272. The van der Waals surface area contributed by atoms with Crippen molar-refractivity contribution in [2.24, 2.45) is 5.92 Å². The molecule has 0 radical (unpaired) electrons. The summed E-state index contributed by atoms with van der Waals surface area (Å²) in [5.41, 5.74) is 0. The van der Waals surface area contributed by atoms with Gasteiger partial charge >= 0.3 is 11.9 Å². The number of rotatable bonds is 7. The van der Waals surface area contributed by atoms with Crippen LogP contribution >= 0.6 is 0 Å². The van der Waals surface area contributed by atoms with Gasteiger partial charge in [0.1, 0.15) is 0 Å². The molecule has 90 valence electrons. The van der Waals surface area contributed by atoms with Gasteiger partial charge in [0.15, 0.2) is 0 Å². The summed E-state index contributed by atoms with van der Waals surface area (Å²) in [6.07, 6.45) is 1.17. The second-order valence-electron chi connectivity index (χ2n) is 3.17. The normalized spacial score (nSPS) is 13.4. The monoisotopic (exact) mass is 228 g/mol. The average molecular weight is 228 g/mol. The second kappa shape index (κ2) is 7.64.